The Morgan fingerprint density at radius 1 is 1.28 bits per heavy atom. The van der Waals surface area contributed by atoms with Gasteiger partial charge in [0.2, 0.25) is 0 Å². The number of hydrogen-bond acceptors (Lipinski definition) is 4. The van der Waals surface area contributed by atoms with Crippen LogP contribution in [0.3, 0.4) is 0 Å². The van der Waals surface area contributed by atoms with E-state index in [4.69, 9.17) is 5.73 Å². The maximum absolute atomic E-state index is 5.73. The molecule has 1 fully saturated rings. The highest BCUT2D eigenvalue weighted by atomic mass is 32.1. The molecule has 0 amide bonds. The van der Waals surface area contributed by atoms with Gasteiger partial charge < -0.3 is 11.1 Å². The standard InChI is InChI=1S/C14H19N3S/c15-9-10-1-3-11(4-2-10)17-14-12-6-8-18-13(12)5-7-16-14/h5-8,10-11H,1-4,9,15H2,(H,16,17). The maximum Gasteiger partial charge on any atom is 0.134 e. The predicted octanol–water partition coefficient (Wildman–Crippen LogP) is 3.23. The highest BCUT2D eigenvalue weighted by Gasteiger charge is 2.20. The molecule has 0 radical (unpaired) electrons. The Bertz CT molecular complexity index is 514. The van der Waals surface area contributed by atoms with Crippen LogP contribution in [0.5, 0.6) is 0 Å². The Kier molecular flexibility index (Phi) is 3.48. The zero-order valence-corrected chi connectivity index (χ0v) is 11.2. The van der Waals surface area contributed by atoms with E-state index in [1.165, 1.54) is 35.8 Å². The first-order valence-corrected chi connectivity index (χ1v) is 7.53. The average molecular weight is 261 g/mol. The first-order chi connectivity index (χ1) is 8.86. The second-order valence-corrected chi connectivity index (χ2v) is 6.04. The van der Waals surface area contributed by atoms with Crippen LogP contribution >= 0.6 is 11.3 Å². The molecule has 0 spiro atoms. The Morgan fingerprint density at radius 3 is 2.89 bits per heavy atom. The minimum atomic E-state index is 0.561. The van der Waals surface area contributed by atoms with Crippen molar-refractivity contribution >= 4 is 27.2 Å². The molecule has 2 heterocycles. The number of aromatic nitrogens is 1. The first kappa shape index (κ1) is 11.9. The molecule has 0 aromatic carbocycles. The minimum absolute atomic E-state index is 0.561. The summed E-state index contributed by atoms with van der Waals surface area (Å²) in [5.74, 6) is 1.78. The van der Waals surface area contributed by atoms with Gasteiger partial charge in [-0.05, 0) is 55.7 Å². The summed E-state index contributed by atoms with van der Waals surface area (Å²) in [6, 6.07) is 4.79. The third-order valence-corrected chi connectivity index (χ3v) is 4.78. The zero-order valence-electron chi connectivity index (χ0n) is 10.4. The van der Waals surface area contributed by atoms with Crippen LogP contribution in [0.25, 0.3) is 10.1 Å². The zero-order chi connectivity index (χ0) is 12.4. The van der Waals surface area contributed by atoms with Crippen molar-refractivity contribution < 1.29 is 0 Å². The van der Waals surface area contributed by atoms with E-state index in [0.717, 1.165) is 18.3 Å². The summed E-state index contributed by atoms with van der Waals surface area (Å²) in [6.07, 6.45) is 6.81. The van der Waals surface area contributed by atoms with Crippen LogP contribution in [-0.2, 0) is 0 Å². The topological polar surface area (TPSA) is 50.9 Å². The highest BCUT2D eigenvalue weighted by molar-refractivity contribution is 7.17. The Labute approximate surface area is 111 Å². The Morgan fingerprint density at radius 2 is 2.11 bits per heavy atom. The summed E-state index contributed by atoms with van der Waals surface area (Å²) in [4.78, 5) is 4.48. The Hall–Kier alpha value is -1.13. The van der Waals surface area contributed by atoms with Crippen LogP contribution in [0.1, 0.15) is 25.7 Å². The number of nitrogens with one attached hydrogen (secondary N) is 1. The molecule has 3 nitrogen and oxygen atoms in total. The molecule has 1 aliphatic carbocycles. The fourth-order valence-corrected chi connectivity index (χ4v) is 3.53. The van der Waals surface area contributed by atoms with E-state index < -0.39 is 0 Å². The van der Waals surface area contributed by atoms with Crippen LogP contribution in [0.2, 0.25) is 0 Å². The number of fused-ring (bicyclic) bond motifs is 1. The molecule has 1 saturated carbocycles. The lowest BCUT2D eigenvalue weighted by molar-refractivity contribution is 0.344. The van der Waals surface area contributed by atoms with E-state index >= 15 is 0 Å². The van der Waals surface area contributed by atoms with Crippen LogP contribution in [0.4, 0.5) is 5.82 Å². The van der Waals surface area contributed by atoms with Gasteiger partial charge in [0.05, 0.1) is 0 Å². The molecule has 0 atom stereocenters. The molecule has 0 saturated heterocycles. The van der Waals surface area contributed by atoms with Gasteiger partial charge in [-0.25, -0.2) is 4.98 Å². The highest BCUT2D eigenvalue weighted by Crippen LogP contribution is 2.29. The van der Waals surface area contributed by atoms with Crippen molar-refractivity contribution in [3.63, 3.8) is 0 Å². The largest absolute Gasteiger partial charge is 0.367 e. The number of hydrogen-bond donors (Lipinski definition) is 2. The fourth-order valence-electron chi connectivity index (χ4n) is 2.75. The van der Waals surface area contributed by atoms with Gasteiger partial charge in [0.15, 0.2) is 0 Å². The lowest BCUT2D eigenvalue weighted by Crippen LogP contribution is -2.29. The Balaban J connectivity index is 1.71. The molecule has 2 aromatic heterocycles. The van der Waals surface area contributed by atoms with Gasteiger partial charge in [0, 0.05) is 22.3 Å². The molecular weight excluding hydrogens is 242 g/mol. The second kappa shape index (κ2) is 5.24. The molecule has 96 valence electrons. The van der Waals surface area contributed by atoms with E-state index in [2.05, 4.69) is 27.8 Å². The van der Waals surface area contributed by atoms with Crippen molar-refractivity contribution in [2.45, 2.75) is 31.7 Å². The van der Waals surface area contributed by atoms with Gasteiger partial charge >= 0.3 is 0 Å². The van der Waals surface area contributed by atoms with Crippen molar-refractivity contribution in [1.29, 1.82) is 0 Å². The van der Waals surface area contributed by atoms with Crippen molar-refractivity contribution in [1.82, 2.24) is 4.98 Å². The van der Waals surface area contributed by atoms with Gasteiger partial charge in [0.1, 0.15) is 5.82 Å². The number of thiophene rings is 1. The van der Waals surface area contributed by atoms with E-state index in [9.17, 15) is 0 Å². The molecular formula is C14H19N3S. The maximum atomic E-state index is 5.73. The van der Waals surface area contributed by atoms with E-state index in [1.54, 1.807) is 11.3 Å². The van der Waals surface area contributed by atoms with Crippen molar-refractivity contribution in [3.05, 3.63) is 23.7 Å². The predicted molar refractivity (Wildman–Crippen MR) is 78.0 cm³/mol. The fraction of sp³-hybridized carbons (Fsp3) is 0.500. The first-order valence-electron chi connectivity index (χ1n) is 6.65. The molecule has 1 aliphatic rings. The normalized spacial score (nSPS) is 24.3. The summed E-state index contributed by atoms with van der Waals surface area (Å²) < 4.78 is 1.31. The second-order valence-electron chi connectivity index (χ2n) is 5.09. The summed E-state index contributed by atoms with van der Waals surface area (Å²) in [6.45, 7) is 0.838. The SMILES string of the molecule is NCC1CCC(Nc2nccc3sccc23)CC1. The molecule has 0 unspecified atom stereocenters. The molecule has 0 aliphatic heterocycles. The van der Waals surface area contributed by atoms with Crippen LogP contribution in [-0.4, -0.2) is 17.6 Å². The average Bonchev–Trinajstić information content (AvgIpc) is 2.89. The van der Waals surface area contributed by atoms with E-state index in [0.29, 0.717) is 6.04 Å². The third kappa shape index (κ3) is 2.35. The monoisotopic (exact) mass is 261 g/mol. The number of pyridine rings is 1. The summed E-state index contributed by atoms with van der Waals surface area (Å²) in [7, 11) is 0. The molecule has 4 heteroatoms. The number of anilines is 1. The number of nitrogens with zero attached hydrogens (tertiary/aromatic N) is 1. The van der Waals surface area contributed by atoms with Gasteiger partial charge in [-0.3, -0.25) is 0 Å². The molecule has 18 heavy (non-hydrogen) atoms. The minimum Gasteiger partial charge on any atom is -0.367 e. The molecule has 2 aromatic rings. The molecule has 0 bridgehead atoms. The van der Waals surface area contributed by atoms with Crippen molar-refractivity contribution in [2.75, 3.05) is 11.9 Å². The van der Waals surface area contributed by atoms with Gasteiger partial charge in [-0.2, -0.15) is 0 Å². The lowest BCUT2D eigenvalue weighted by Gasteiger charge is -2.28. The lowest BCUT2D eigenvalue weighted by atomic mass is 9.86. The quantitative estimate of drug-likeness (QED) is 0.892. The molecule has 3 rings (SSSR count). The van der Waals surface area contributed by atoms with Gasteiger partial charge in [0.25, 0.3) is 0 Å². The van der Waals surface area contributed by atoms with E-state index in [1.807, 2.05) is 6.20 Å². The smallest absolute Gasteiger partial charge is 0.134 e. The van der Waals surface area contributed by atoms with Crippen LogP contribution < -0.4 is 11.1 Å². The summed E-state index contributed by atoms with van der Waals surface area (Å²) in [5.41, 5.74) is 5.73. The third-order valence-electron chi connectivity index (χ3n) is 3.90. The molecule has 3 N–H and O–H groups in total. The van der Waals surface area contributed by atoms with E-state index in [-0.39, 0.29) is 0 Å². The van der Waals surface area contributed by atoms with Crippen molar-refractivity contribution in [3.8, 4) is 0 Å². The van der Waals surface area contributed by atoms with Crippen LogP contribution in [0.15, 0.2) is 23.7 Å². The number of nitrogens with two attached hydrogens (primary N) is 1. The van der Waals surface area contributed by atoms with Crippen molar-refractivity contribution in [2.24, 2.45) is 11.7 Å². The van der Waals surface area contributed by atoms with Gasteiger partial charge in [-0.1, -0.05) is 0 Å². The summed E-state index contributed by atoms with van der Waals surface area (Å²) in [5, 5.41) is 6.99. The van der Waals surface area contributed by atoms with Gasteiger partial charge in [-0.15, -0.1) is 11.3 Å². The summed E-state index contributed by atoms with van der Waals surface area (Å²) >= 11 is 1.77. The van der Waals surface area contributed by atoms with Crippen LogP contribution in [0, 0.1) is 5.92 Å². The number of rotatable bonds is 3.